The first-order chi connectivity index (χ1) is 10.1. The Hall–Kier alpha value is -0.970. The zero-order valence-electron chi connectivity index (χ0n) is 13.2. The Labute approximate surface area is 131 Å². The maximum Gasteiger partial charge on any atom is 0.162 e. The van der Waals surface area contributed by atoms with E-state index in [4.69, 9.17) is 25.8 Å². The number of halogens is 1. The topological polar surface area (TPSA) is 39.7 Å². The highest BCUT2D eigenvalue weighted by molar-refractivity contribution is 6.31. The van der Waals surface area contributed by atoms with Gasteiger partial charge in [-0.1, -0.05) is 11.6 Å². The second-order valence-electron chi connectivity index (χ2n) is 5.51. The maximum absolute atomic E-state index is 6.43. The van der Waals surface area contributed by atoms with Crippen LogP contribution in [0.25, 0.3) is 0 Å². The molecule has 1 aliphatic carbocycles. The zero-order chi connectivity index (χ0) is 15.5. The fourth-order valence-electron chi connectivity index (χ4n) is 2.94. The molecular weight excluding hydrogens is 290 g/mol. The van der Waals surface area contributed by atoms with Gasteiger partial charge in [0.15, 0.2) is 11.5 Å². The average Bonchev–Trinajstić information content (AvgIpc) is 2.47. The van der Waals surface area contributed by atoms with E-state index in [0.717, 1.165) is 24.8 Å². The van der Waals surface area contributed by atoms with Gasteiger partial charge in [-0.15, -0.1) is 0 Å². The summed E-state index contributed by atoms with van der Waals surface area (Å²) in [5, 5.41) is 4.02. The van der Waals surface area contributed by atoms with Gasteiger partial charge in [-0.2, -0.15) is 0 Å². The molecule has 0 heterocycles. The summed E-state index contributed by atoms with van der Waals surface area (Å²) in [7, 11) is 6.98. The molecular formula is C16H24ClNO3. The van der Waals surface area contributed by atoms with Gasteiger partial charge in [-0.3, -0.25) is 0 Å². The molecule has 1 fully saturated rings. The van der Waals surface area contributed by atoms with Crippen LogP contribution >= 0.6 is 11.6 Å². The summed E-state index contributed by atoms with van der Waals surface area (Å²) >= 11 is 6.43. The summed E-state index contributed by atoms with van der Waals surface area (Å²) in [6.45, 7) is 0. The molecule has 2 rings (SSSR count). The van der Waals surface area contributed by atoms with Crippen molar-refractivity contribution in [2.45, 2.75) is 37.3 Å². The second kappa shape index (κ2) is 6.86. The van der Waals surface area contributed by atoms with E-state index in [1.807, 2.05) is 13.1 Å². The standard InChI is InChI=1S/C16H24ClNO3/c1-18-13(10-16(21-4)6-5-7-16)11-8-14(19-2)15(20-3)9-12(11)17/h8-9,13,18H,5-7,10H2,1-4H3. The highest BCUT2D eigenvalue weighted by atomic mass is 35.5. The van der Waals surface area contributed by atoms with Gasteiger partial charge >= 0.3 is 0 Å². The Morgan fingerprint density at radius 3 is 2.24 bits per heavy atom. The third-order valence-corrected chi connectivity index (χ3v) is 4.83. The number of benzene rings is 1. The van der Waals surface area contributed by atoms with Crippen molar-refractivity contribution in [3.05, 3.63) is 22.7 Å². The largest absolute Gasteiger partial charge is 0.493 e. The molecule has 0 radical (unpaired) electrons. The van der Waals surface area contributed by atoms with E-state index in [9.17, 15) is 0 Å². The van der Waals surface area contributed by atoms with Crippen LogP contribution < -0.4 is 14.8 Å². The molecule has 0 spiro atoms. The summed E-state index contributed by atoms with van der Waals surface area (Å²) < 4.78 is 16.4. The molecule has 21 heavy (non-hydrogen) atoms. The van der Waals surface area contributed by atoms with E-state index < -0.39 is 0 Å². The van der Waals surface area contributed by atoms with Crippen LogP contribution in [0.15, 0.2) is 12.1 Å². The van der Waals surface area contributed by atoms with E-state index in [1.54, 1.807) is 27.4 Å². The van der Waals surface area contributed by atoms with Crippen LogP contribution in [0.1, 0.15) is 37.3 Å². The molecule has 0 aliphatic heterocycles. The van der Waals surface area contributed by atoms with Gasteiger partial charge in [-0.25, -0.2) is 0 Å². The van der Waals surface area contributed by atoms with Crippen LogP contribution in [0.3, 0.4) is 0 Å². The number of hydrogen-bond donors (Lipinski definition) is 1. The second-order valence-corrected chi connectivity index (χ2v) is 5.92. The van der Waals surface area contributed by atoms with Crippen molar-refractivity contribution in [2.75, 3.05) is 28.4 Å². The molecule has 0 bridgehead atoms. The van der Waals surface area contributed by atoms with Crippen LogP contribution in [0.5, 0.6) is 11.5 Å². The van der Waals surface area contributed by atoms with Crippen LogP contribution in [0.2, 0.25) is 5.02 Å². The van der Waals surface area contributed by atoms with Crippen LogP contribution in [-0.4, -0.2) is 34.0 Å². The monoisotopic (exact) mass is 313 g/mol. The van der Waals surface area contributed by atoms with Gasteiger partial charge in [0.2, 0.25) is 0 Å². The number of nitrogens with one attached hydrogen (secondary N) is 1. The van der Waals surface area contributed by atoms with Crippen LogP contribution in [0, 0.1) is 0 Å². The van der Waals surface area contributed by atoms with Gasteiger partial charge in [0.05, 0.1) is 19.8 Å². The van der Waals surface area contributed by atoms with Gasteiger partial charge < -0.3 is 19.5 Å². The van der Waals surface area contributed by atoms with Crippen molar-refractivity contribution in [1.82, 2.24) is 5.32 Å². The molecule has 1 atom stereocenters. The van der Waals surface area contributed by atoms with Crippen molar-refractivity contribution in [1.29, 1.82) is 0 Å². The molecule has 1 unspecified atom stereocenters. The Balaban J connectivity index is 2.29. The molecule has 1 aromatic rings. The molecule has 4 nitrogen and oxygen atoms in total. The summed E-state index contributed by atoms with van der Waals surface area (Å²) in [6, 6.07) is 3.88. The molecule has 1 N–H and O–H groups in total. The molecule has 0 amide bonds. The van der Waals surface area contributed by atoms with Crippen LogP contribution in [0.4, 0.5) is 0 Å². The number of ether oxygens (including phenoxy) is 3. The van der Waals surface area contributed by atoms with E-state index in [-0.39, 0.29) is 11.6 Å². The predicted molar refractivity (Wildman–Crippen MR) is 84.6 cm³/mol. The van der Waals surface area contributed by atoms with Crippen molar-refractivity contribution >= 4 is 11.6 Å². The average molecular weight is 314 g/mol. The molecule has 1 saturated carbocycles. The lowest BCUT2D eigenvalue weighted by molar-refractivity contribution is -0.0834. The summed E-state index contributed by atoms with van der Waals surface area (Å²) in [5.74, 6) is 1.34. The lowest BCUT2D eigenvalue weighted by atomic mass is 9.74. The van der Waals surface area contributed by atoms with Gasteiger partial charge in [0, 0.05) is 24.2 Å². The van der Waals surface area contributed by atoms with Crippen molar-refractivity contribution in [3.63, 3.8) is 0 Å². The first-order valence-electron chi connectivity index (χ1n) is 7.23. The molecule has 118 valence electrons. The maximum atomic E-state index is 6.43. The minimum atomic E-state index is -0.0236. The van der Waals surface area contributed by atoms with Crippen LogP contribution in [-0.2, 0) is 4.74 Å². The predicted octanol–water partition coefficient (Wildman–Crippen LogP) is 3.58. The SMILES string of the molecule is CNC(CC1(OC)CCC1)c1cc(OC)c(OC)cc1Cl. The van der Waals surface area contributed by atoms with Gasteiger partial charge in [0.25, 0.3) is 0 Å². The van der Waals surface area contributed by atoms with Crippen molar-refractivity contribution < 1.29 is 14.2 Å². The fraction of sp³-hybridized carbons (Fsp3) is 0.625. The van der Waals surface area contributed by atoms with E-state index in [2.05, 4.69) is 5.32 Å². The van der Waals surface area contributed by atoms with Gasteiger partial charge in [0.1, 0.15) is 0 Å². The van der Waals surface area contributed by atoms with E-state index >= 15 is 0 Å². The highest BCUT2D eigenvalue weighted by Crippen LogP contribution is 2.44. The number of hydrogen-bond acceptors (Lipinski definition) is 4. The Kier molecular flexibility index (Phi) is 5.36. The minimum absolute atomic E-state index is 0.0236. The Morgan fingerprint density at radius 1 is 1.19 bits per heavy atom. The first-order valence-corrected chi connectivity index (χ1v) is 7.61. The fourth-order valence-corrected chi connectivity index (χ4v) is 3.22. The lowest BCUT2D eigenvalue weighted by Gasteiger charge is -2.43. The highest BCUT2D eigenvalue weighted by Gasteiger charge is 2.39. The summed E-state index contributed by atoms with van der Waals surface area (Å²) in [5.41, 5.74) is 0.990. The van der Waals surface area contributed by atoms with E-state index in [0.29, 0.717) is 16.5 Å². The molecule has 1 aliphatic rings. The summed E-state index contributed by atoms with van der Waals surface area (Å²) in [6.07, 6.45) is 4.33. The Morgan fingerprint density at radius 2 is 1.81 bits per heavy atom. The zero-order valence-corrected chi connectivity index (χ0v) is 13.9. The third kappa shape index (κ3) is 3.28. The van der Waals surface area contributed by atoms with Crippen molar-refractivity contribution in [3.8, 4) is 11.5 Å². The quantitative estimate of drug-likeness (QED) is 0.835. The Bertz CT molecular complexity index is 483. The molecule has 0 saturated heterocycles. The molecule has 5 heteroatoms. The normalized spacial score (nSPS) is 18.0. The number of methoxy groups -OCH3 is 3. The summed E-state index contributed by atoms with van der Waals surface area (Å²) in [4.78, 5) is 0. The van der Waals surface area contributed by atoms with E-state index in [1.165, 1.54) is 6.42 Å². The molecule has 1 aromatic carbocycles. The lowest BCUT2D eigenvalue weighted by Crippen LogP contribution is -2.42. The minimum Gasteiger partial charge on any atom is -0.493 e. The third-order valence-electron chi connectivity index (χ3n) is 4.50. The van der Waals surface area contributed by atoms with Gasteiger partial charge in [-0.05, 0) is 44.4 Å². The first kappa shape index (κ1) is 16.4. The molecule has 0 aromatic heterocycles. The van der Waals surface area contributed by atoms with Crippen molar-refractivity contribution in [2.24, 2.45) is 0 Å². The number of rotatable bonds is 7. The smallest absolute Gasteiger partial charge is 0.162 e.